The second kappa shape index (κ2) is 4.33. The van der Waals surface area contributed by atoms with Crippen LogP contribution >= 0.6 is 11.3 Å². The Balaban J connectivity index is 1.86. The molecule has 3 nitrogen and oxygen atoms in total. The van der Waals surface area contributed by atoms with Crippen molar-refractivity contribution in [3.8, 4) is 0 Å². The first-order valence-corrected chi connectivity index (χ1v) is 6.02. The molecule has 0 spiro atoms. The molecule has 0 bridgehead atoms. The minimum atomic E-state index is 0.0254. The summed E-state index contributed by atoms with van der Waals surface area (Å²) in [5.41, 5.74) is 0. The maximum absolute atomic E-state index is 11.6. The van der Waals surface area contributed by atoms with Crippen LogP contribution in [0.3, 0.4) is 0 Å². The van der Waals surface area contributed by atoms with E-state index in [4.69, 9.17) is 0 Å². The van der Waals surface area contributed by atoms with E-state index in [1.807, 2.05) is 7.05 Å². The fourth-order valence-electron chi connectivity index (χ4n) is 1.82. The maximum Gasteiger partial charge on any atom is 0.239 e. The Morgan fingerprint density at radius 1 is 1.60 bits per heavy atom. The summed E-state index contributed by atoms with van der Waals surface area (Å²) in [7, 11) is 1.86. The van der Waals surface area contributed by atoms with Gasteiger partial charge in [-0.1, -0.05) is 0 Å². The van der Waals surface area contributed by atoms with Gasteiger partial charge in [0.05, 0.1) is 6.04 Å². The van der Waals surface area contributed by atoms with Crippen LogP contribution in [0.25, 0.3) is 0 Å². The van der Waals surface area contributed by atoms with Crippen LogP contribution in [0, 0.1) is 6.92 Å². The van der Waals surface area contributed by atoms with Crippen molar-refractivity contribution < 1.29 is 4.79 Å². The van der Waals surface area contributed by atoms with Crippen LogP contribution in [-0.4, -0.2) is 30.4 Å². The van der Waals surface area contributed by atoms with Gasteiger partial charge >= 0.3 is 0 Å². The maximum atomic E-state index is 11.6. The fraction of sp³-hybridized carbons (Fsp3) is 0.545. The van der Waals surface area contributed by atoms with Gasteiger partial charge in [0.2, 0.25) is 5.91 Å². The molecule has 0 radical (unpaired) electrons. The molecule has 1 aliphatic rings. The molecule has 82 valence electrons. The zero-order chi connectivity index (χ0) is 10.8. The first-order valence-electron chi connectivity index (χ1n) is 5.20. The molecule has 15 heavy (non-hydrogen) atoms. The Hall–Kier alpha value is -0.870. The van der Waals surface area contributed by atoms with E-state index in [-0.39, 0.29) is 11.9 Å². The summed E-state index contributed by atoms with van der Waals surface area (Å²) < 4.78 is 0. The van der Waals surface area contributed by atoms with Crippen LogP contribution in [0.4, 0.5) is 0 Å². The molecule has 0 aromatic carbocycles. The summed E-state index contributed by atoms with van der Waals surface area (Å²) in [6.07, 6.45) is 0.930. The van der Waals surface area contributed by atoms with Gasteiger partial charge < -0.3 is 10.2 Å². The van der Waals surface area contributed by atoms with Gasteiger partial charge in [0.25, 0.3) is 0 Å². The van der Waals surface area contributed by atoms with Crippen molar-refractivity contribution >= 4 is 17.2 Å². The summed E-state index contributed by atoms with van der Waals surface area (Å²) in [5, 5.41) is 3.31. The number of hydrogen-bond donors (Lipinski definition) is 1. The van der Waals surface area contributed by atoms with Crippen LogP contribution in [0.5, 0.6) is 0 Å². The third-order valence-electron chi connectivity index (χ3n) is 2.75. The number of carbonyl (C=O) groups is 1. The minimum Gasteiger partial charge on any atom is -0.344 e. The molecule has 4 heteroatoms. The highest BCUT2D eigenvalue weighted by atomic mass is 32.1. The van der Waals surface area contributed by atoms with Crippen molar-refractivity contribution in [1.82, 2.24) is 10.2 Å². The van der Waals surface area contributed by atoms with Gasteiger partial charge in [-0.25, -0.2) is 0 Å². The van der Waals surface area contributed by atoms with Crippen LogP contribution in [0.2, 0.25) is 0 Å². The van der Waals surface area contributed by atoms with Gasteiger partial charge in [-0.3, -0.25) is 4.79 Å². The summed E-state index contributed by atoms with van der Waals surface area (Å²) in [6, 6.07) is 4.26. The molecule has 2 rings (SSSR count). The van der Waals surface area contributed by atoms with Gasteiger partial charge in [-0.05, 0) is 25.5 Å². The molecule has 1 unspecified atom stereocenters. The number of aryl methyl sites for hydroxylation is 1. The predicted molar refractivity (Wildman–Crippen MR) is 61.9 cm³/mol. The number of carbonyl (C=O) groups excluding carboxylic acids is 1. The third kappa shape index (κ3) is 2.38. The van der Waals surface area contributed by atoms with Gasteiger partial charge in [-0.15, -0.1) is 11.3 Å². The lowest BCUT2D eigenvalue weighted by Crippen LogP contribution is -2.36. The molecule has 1 aromatic rings. The Kier molecular flexibility index (Phi) is 3.07. The van der Waals surface area contributed by atoms with E-state index < -0.39 is 0 Å². The molecular formula is C11H16N2OS. The summed E-state index contributed by atoms with van der Waals surface area (Å²) in [6.45, 7) is 3.78. The number of nitrogens with zero attached hydrogens (tertiary/aromatic N) is 1. The molecule has 1 aliphatic heterocycles. The van der Waals surface area contributed by atoms with E-state index in [1.165, 1.54) is 9.75 Å². The van der Waals surface area contributed by atoms with E-state index in [2.05, 4.69) is 24.4 Å². The van der Waals surface area contributed by atoms with Gasteiger partial charge in [0.1, 0.15) is 0 Å². The van der Waals surface area contributed by atoms with Gasteiger partial charge in [-0.2, -0.15) is 0 Å². The van der Waals surface area contributed by atoms with Gasteiger partial charge in [0, 0.05) is 29.9 Å². The number of amides is 1. The van der Waals surface area contributed by atoms with E-state index in [0.717, 1.165) is 19.5 Å². The minimum absolute atomic E-state index is 0.0254. The molecule has 2 heterocycles. The standard InChI is InChI=1S/C11H16N2OS/c1-8-3-4-9(15-8)7-12-10-5-6-13(2)11(10)14/h3-4,10,12H,5-7H2,1-2H3. The lowest BCUT2D eigenvalue weighted by atomic mass is 10.2. The molecule has 1 fully saturated rings. The van der Waals surface area contributed by atoms with Crippen molar-refractivity contribution in [1.29, 1.82) is 0 Å². The third-order valence-corrected chi connectivity index (χ3v) is 3.75. The Morgan fingerprint density at radius 3 is 2.93 bits per heavy atom. The molecule has 1 amide bonds. The highest BCUT2D eigenvalue weighted by molar-refractivity contribution is 7.11. The Labute approximate surface area is 94.1 Å². The fourth-order valence-corrected chi connectivity index (χ4v) is 2.66. The number of likely N-dealkylation sites (tertiary alicyclic amines) is 1. The largest absolute Gasteiger partial charge is 0.344 e. The van der Waals surface area contributed by atoms with Crippen molar-refractivity contribution in [3.05, 3.63) is 21.9 Å². The molecule has 0 aliphatic carbocycles. The SMILES string of the molecule is Cc1ccc(CNC2CCN(C)C2=O)s1. The predicted octanol–water partition coefficient (Wildman–Crippen LogP) is 1.38. The lowest BCUT2D eigenvalue weighted by Gasteiger charge is -2.11. The van der Waals surface area contributed by atoms with E-state index in [0.29, 0.717) is 0 Å². The van der Waals surface area contributed by atoms with Crippen molar-refractivity contribution in [2.24, 2.45) is 0 Å². The topological polar surface area (TPSA) is 32.3 Å². The zero-order valence-electron chi connectivity index (χ0n) is 9.12. The summed E-state index contributed by atoms with van der Waals surface area (Å²) >= 11 is 1.79. The second-order valence-electron chi connectivity index (χ2n) is 3.99. The monoisotopic (exact) mass is 224 g/mol. The smallest absolute Gasteiger partial charge is 0.239 e. The van der Waals surface area contributed by atoms with Crippen LogP contribution < -0.4 is 5.32 Å². The van der Waals surface area contributed by atoms with Crippen LogP contribution in [0.1, 0.15) is 16.2 Å². The van der Waals surface area contributed by atoms with Crippen LogP contribution in [-0.2, 0) is 11.3 Å². The average molecular weight is 224 g/mol. The number of rotatable bonds is 3. The number of likely N-dealkylation sites (N-methyl/N-ethyl adjacent to an activating group) is 1. The van der Waals surface area contributed by atoms with Gasteiger partial charge in [0.15, 0.2) is 0 Å². The zero-order valence-corrected chi connectivity index (χ0v) is 9.93. The van der Waals surface area contributed by atoms with E-state index in [1.54, 1.807) is 16.2 Å². The lowest BCUT2D eigenvalue weighted by molar-refractivity contribution is -0.128. The van der Waals surface area contributed by atoms with E-state index >= 15 is 0 Å². The highest BCUT2D eigenvalue weighted by Crippen LogP contribution is 2.16. The highest BCUT2D eigenvalue weighted by Gasteiger charge is 2.28. The quantitative estimate of drug-likeness (QED) is 0.841. The molecule has 1 saturated heterocycles. The molecule has 0 saturated carbocycles. The molecule has 1 N–H and O–H groups in total. The number of hydrogen-bond acceptors (Lipinski definition) is 3. The Morgan fingerprint density at radius 2 is 2.40 bits per heavy atom. The normalized spacial score (nSPS) is 21.3. The molecule has 1 aromatic heterocycles. The average Bonchev–Trinajstić information content (AvgIpc) is 2.74. The van der Waals surface area contributed by atoms with E-state index in [9.17, 15) is 4.79 Å². The van der Waals surface area contributed by atoms with Crippen molar-refractivity contribution in [2.45, 2.75) is 25.9 Å². The first kappa shape index (κ1) is 10.6. The summed E-state index contributed by atoms with van der Waals surface area (Å²) in [4.78, 5) is 16.0. The second-order valence-corrected chi connectivity index (χ2v) is 5.37. The van der Waals surface area contributed by atoms with Crippen LogP contribution in [0.15, 0.2) is 12.1 Å². The number of nitrogens with one attached hydrogen (secondary N) is 1. The van der Waals surface area contributed by atoms with Crippen molar-refractivity contribution in [2.75, 3.05) is 13.6 Å². The van der Waals surface area contributed by atoms with Crippen molar-refractivity contribution in [3.63, 3.8) is 0 Å². The summed E-state index contributed by atoms with van der Waals surface area (Å²) in [5.74, 6) is 0.225. The Bertz CT molecular complexity index is 361. The molecular weight excluding hydrogens is 208 g/mol. The number of thiophene rings is 1. The molecule has 1 atom stereocenters. The first-order chi connectivity index (χ1) is 7.16.